The van der Waals surface area contributed by atoms with Crippen molar-refractivity contribution in [2.24, 2.45) is 0 Å². The SMILES string of the molecule is Cc1ccc(NC(=O)CNCC2CN(C)CCO2)cc1. The molecule has 0 aliphatic carbocycles. The molecule has 1 saturated heterocycles. The van der Waals surface area contributed by atoms with Crippen LogP contribution in [0.3, 0.4) is 0 Å². The molecule has 1 fully saturated rings. The summed E-state index contributed by atoms with van der Waals surface area (Å²) in [5.41, 5.74) is 2.01. The lowest BCUT2D eigenvalue weighted by Crippen LogP contribution is -2.45. The quantitative estimate of drug-likeness (QED) is 0.838. The van der Waals surface area contributed by atoms with Crippen molar-refractivity contribution in [1.29, 1.82) is 0 Å². The van der Waals surface area contributed by atoms with Crippen molar-refractivity contribution in [2.45, 2.75) is 13.0 Å². The van der Waals surface area contributed by atoms with E-state index in [9.17, 15) is 4.79 Å². The molecule has 2 rings (SSSR count). The van der Waals surface area contributed by atoms with Gasteiger partial charge in [0.05, 0.1) is 19.3 Å². The molecule has 1 amide bonds. The van der Waals surface area contributed by atoms with E-state index in [2.05, 4.69) is 22.6 Å². The highest BCUT2D eigenvalue weighted by Crippen LogP contribution is 2.08. The van der Waals surface area contributed by atoms with Gasteiger partial charge in [-0.3, -0.25) is 4.79 Å². The number of aryl methyl sites for hydroxylation is 1. The number of hydrogen-bond donors (Lipinski definition) is 2. The minimum absolute atomic E-state index is 0.0296. The molecule has 1 aliphatic rings. The summed E-state index contributed by atoms with van der Waals surface area (Å²) in [7, 11) is 2.08. The molecule has 0 aromatic heterocycles. The zero-order chi connectivity index (χ0) is 14.4. The van der Waals surface area contributed by atoms with Crippen LogP contribution < -0.4 is 10.6 Å². The number of amides is 1. The first-order valence-electron chi connectivity index (χ1n) is 7.01. The highest BCUT2D eigenvalue weighted by Gasteiger charge is 2.17. The number of morpholine rings is 1. The average Bonchev–Trinajstić information content (AvgIpc) is 2.41. The molecule has 2 N–H and O–H groups in total. The van der Waals surface area contributed by atoms with Gasteiger partial charge < -0.3 is 20.3 Å². The molecule has 0 saturated carbocycles. The smallest absolute Gasteiger partial charge is 0.238 e. The van der Waals surface area contributed by atoms with Crippen LogP contribution in [0.25, 0.3) is 0 Å². The van der Waals surface area contributed by atoms with Crippen molar-refractivity contribution in [3.63, 3.8) is 0 Å². The third-order valence-electron chi connectivity index (χ3n) is 3.33. The Morgan fingerprint density at radius 3 is 2.85 bits per heavy atom. The van der Waals surface area contributed by atoms with Crippen LogP contribution in [0.1, 0.15) is 5.56 Å². The predicted molar refractivity (Wildman–Crippen MR) is 79.9 cm³/mol. The van der Waals surface area contributed by atoms with E-state index < -0.39 is 0 Å². The van der Waals surface area contributed by atoms with E-state index >= 15 is 0 Å². The number of benzene rings is 1. The lowest BCUT2D eigenvalue weighted by Gasteiger charge is -2.30. The van der Waals surface area contributed by atoms with Gasteiger partial charge in [-0.15, -0.1) is 0 Å². The van der Waals surface area contributed by atoms with Gasteiger partial charge in [0.1, 0.15) is 0 Å². The maximum Gasteiger partial charge on any atom is 0.238 e. The molecule has 0 bridgehead atoms. The normalized spacial score (nSPS) is 19.8. The summed E-state index contributed by atoms with van der Waals surface area (Å²) in [6.45, 7) is 5.67. The Morgan fingerprint density at radius 1 is 1.40 bits per heavy atom. The number of likely N-dealkylation sites (N-methyl/N-ethyl adjacent to an activating group) is 1. The summed E-state index contributed by atoms with van der Waals surface area (Å²) in [5.74, 6) is -0.0296. The molecule has 0 radical (unpaired) electrons. The van der Waals surface area contributed by atoms with Gasteiger partial charge in [0.25, 0.3) is 0 Å². The highest BCUT2D eigenvalue weighted by atomic mass is 16.5. The molecule has 1 aliphatic heterocycles. The Bertz CT molecular complexity index is 433. The van der Waals surface area contributed by atoms with Crippen molar-refractivity contribution in [1.82, 2.24) is 10.2 Å². The van der Waals surface area contributed by atoms with Crippen molar-refractivity contribution >= 4 is 11.6 Å². The minimum atomic E-state index is -0.0296. The first-order valence-corrected chi connectivity index (χ1v) is 7.01. The largest absolute Gasteiger partial charge is 0.374 e. The summed E-state index contributed by atoms with van der Waals surface area (Å²) in [6.07, 6.45) is 0.168. The van der Waals surface area contributed by atoms with Crippen molar-refractivity contribution in [3.05, 3.63) is 29.8 Å². The molecular weight excluding hydrogens is 254 g/mol. The lowest BCUT2D eigenvalue weighted by molar-refractivity contribution is -0.115. The van der Waals surface area contributed by atoms with Gasteiger partial charge in [-0.25, -0.2) is 0 Å². The van der Waals surface area contributed by atoms with E-state index in [-0.39, 0.29) is 12.0 Å². The Morgan fingerprint density at radius 2 is 2.15 bits per heavy atom. The number of nitrogens with one attached hydrogen (secondary N) is 2. The standard InChI is InChI=1S/C15H23N3O2/c1-12-3-5-13(6-4-12)17-15(19)10-16-9-14-11-18(2)7-8-20-14/h3-6,14,16H,7-11H2,1-2H3,(H,17,19). The molecule has 1 atom stereocenters. The molecule has 1 heterocycles. The Labute approximate surface area is 120 Å². The number of carbonyl (C=O) groups excluding carboxylic acids is 1. The van der Waals surface area contributed by atoms with E-state index in [0.717, 1.165) is 25.4 Å². The molecule has 1 aromatic carbocycles. The monoisotopic (exact) mass is 277 g/mol. The lowest BCUT2D eigenvalue weighted by atomic mass is 10.2. The van der Waals surface area contributed by atoms with E-state index in [1.54, 1.807) is 0 Å². The van der Waals surface area contributed by atoms with E-state index in [1.807, 2.05) is 31.2 Å². The summed E-state index contributed by atoms with van der Waals surface area (Å²) in [5, 5.41) is 6.01. The van der Waals surface area contributed by atoms with Gasteiger partial charge in [0, 0.05) is 25.3 Å². The first-order chi connectivity index (χ1) is 9.63. The van der Waals surface area contributed by atoms with Crippen LogP contribution in [0.5, 0.6) is 0 Å². The zero-order valence-corrected chi connectivity index (χ0v) is 12.2. The Hall–Kier alpha value is -1.43. The van der Waals surface area contributed by atoms with Gasteiger partial charge >= 0.3 is 0 Å². The second-order valence-corrected chi connectivity index (χ2v) is 5.30. The van der Waals surface area contributed by atoms with Gasteiger partial charge in [0.2, 0.25) is 5.91 Å². The third-order valence-corrected chi connectivity index (χ3v) is 3.33. The van der Waals surface area contributed by atoms with Crippen LogP contribution in [0.4, 0.5) is 5.69 Å². The molecule has 5 heteroatoms. The average molecular weight is 277 g/mol. The molecule has 20 heavy (non-hydrogen) atoms. The molecule has 1 aromatic rings. The van der Waals surface area contributed by atoms with Crippen LogP contribution in [-0.4, -0.2) is 56.7 Å². The van der Waals surface area contributed by atoms with Crippen molar-refractivity contribution in [2.75, 3.05) is 45.2 Å². The van der Waals surface area contributed by atoms with Crippen molar-refractivity contribution < 1.29 is 9.53 Å². The fraction of sp³-hybridized carbons (Fsp3) is 0.533. The predicted octanol–water partition coefficient (Wildman–Crippen LogP) is 0.854. The van der Waals surface area contributed by atoms with Gasteiger partial charge in [-0.2, -0.15) is 0 Å². The number of rotatable bonds is 5. The molecule has 110 valence electrons. The minimum Gasteiger partial charge on any atom is -0.374 e. The Kier molecular flexibility index (Phi) is 5.52. The highest BCUT2D eigenvalue weighted by molar-refractivity contribution is 5.92. The summed E-state index contributed by atoms with van der Waals surface area (Å²) < 4.78 is 5.63. The summed E-state index contributed by atoms with van der Waals surface area (Å²) in [4.78, 5) is 14.0. The number of nitrogens with zero attached hydrogens (tertiary/aromatic N) is 1. The second kappa shape index (κ2) is 7.38. The third kappa shape index (κ3) is 4.92. The topological polar surface area (TPSA) is 53.6 Å². The van der Waals surface area contributed by atoms with Crippen LogP contribution in [-0.2, 0) is 9.53 Å². The number of hydrogen-bond acceptors (Lipinski definition) is 4. The molecule has 5 nitrogen and oxygen atoms in total. The maximum absolute atomic E-state index is 11.8. The van der Waals surface area contributed by atoms with Crippen molar-refractivity contribution in [3.8, 4) is 0 Å². The number of carbonyl (C=O) groups is 1. The van der Waals surface area contributed by atoms with Crippen LogP contribution in [0.15, 0.2) is 24.3 Å². The molecular formula is C15H23N3O2. The summed E-state index contributed by atoms with van der Waals surface area (Å²) >= 11 is 0. The van der Waals surface area contributed by atoms with Gasteiger partial charge in [0.15, 0.2) is 0 Å². The van der Waals surface area contributed by atoms with Crippen LogP contribution in [0.2, 0.25) is 0 Å². The Balaban J connectivity index is 1.66. The number of anilines is 1. The zero-order valence-electron chi connectivity index (χ0n) is 12.2. The first kappa shape index (κ1) is 15.0. The number of ether oxygens (including phenoxy) is 1. The van der Waals surface area contributed by atoms with E-state index in [4.69, 9.17) is 4.74 Å². The maximum atomic E-state index is 11.8. The molecule has 1 unspecified atom stereocenters. The van der Waals surface area contributed by atoms with E-state index in [1.165, 1.54) is 5.56 Å². The van der Waals surface area contributed by atoms with Gasteiger partial charge in [-0.05, 0) is 26.1 Å². The fourth-order valence-corrected chi connectivity index (χ4v) is 2.18. The van der Waals surface area contributed by atoms with Crippen LogP contribution >= 0.6 is 0 Å². The molecule has 0 spiro atoms. The van der Waals surface area contributed by atoms with E-state index in [0.29, 0.717) is 13.1 Å². The van der Waals surface area contributed by atoms with Crippen LogP contribution in [0, 0.1) is 6.92 Å². The van der Waals surface area contributed by atoms with Gasteiger partial charge in [-0.1, -0.05) is 17.7 Å². The summed E-state index contributed by atoms with van der Waals surface area (Å²) in [6, 6.07) is 7.78. The second-order valence-electron chi connectivity index (χ2n) is 5.30. The fourth-order valence-electron chi connectivity index (χ4n) is 2.18.